The largest absolute Gasteiger partial charge is 0.335 e. The van der Waals surface area contributed by atoms with Crippen molar-refractivity contribution in [1.29, 1.82) is 0 Å². The molecule has 0 saturated heterocycles. The summed E-state index contributed by atoms with van der Waals surface area (Å²) in [5.41, 5.74) is 2.90. The molecule has 1 amide bonds. The van der Waals surface area contributed by atoms with Crippen molar-refractivity contribution in [1.82, 2.24) is 15.0 Å². The molecule has 0 spiro atoms. The number of amides is 1. The van der Waals surface area contributed by atoms with Crippen LogP contribution in [0.15, 0.2) is 59.1 Å². The van der Waals surface area contributed by atoms with E-state index in [0.29, 0.717) is 18.9 Å². The highest BCUT2D eigenvalue weighted by Crippen LogP contribution is 2.30. The van der Waals surface area contributed by atoms with E-state index in [1.165, 1.54) is 0 Å². The van der Waals surface area contributed by atoms with E-state index in [1.807, 2.05) is 68.4 Å². The van der Waals surface area contributed by atoms with Gasteiger partial charge >= 0.3 is 11.8 Å². The molecule has 24 heavy (non-hydrogen) atoms. The van der Waals surface area contributed by atoms with Crippen molar-refractivity contribution < 1.29 is 9.32 Å². The monoisotopic (exact) mass is 321 g/mol. The highest BCUT2D eigenvalue weighted by Gasteiger charge is 2.21. The number of aromatic nitrogens is 2. The van der Waals surface area contributed by atoms with Crippen LogP contribution in [0.2, 0.25) is 0 Å². The second kappa shape index (κ2) is 7.08. The Hall–Kier alpha value is -2.95. The van der Waals surface area contributed by atoms with E-state index in [0.717, 1.165) is 16.7 Å². The number of rotatable bonds is 5. The molecule has 3 aromatic rings. The average molecular weight is 321 g/mol. The van der Waals surface area contributed by atoms with Gasteiger partial charge in [0.05, 0.1) is 0 Å². The van der Waals surface area contributed by atoms with Gasteiger partial charge in [0.15, 0.2) is 0 Å². The number of benzene rings is 2. The lowest BCUT2D eigenvalue weighted by Gasteiger charge is -2.15. The Bertz CT molecular complexity index is 823. The molecule has 2 aromatic carbocycles. The second-order valence-corrected chi connectivity index (χ2v) is 5.31. The lowest BCUT2D eigenvalue weighted by Crippen LogP contribution is -2.30. The van der Waals surface area contributed by atoms with Crippen LogP contribution in [0.1, 0.15) is 24.5 Å². The van der Waals surface area contributed by atoms with Gasteiger partial charge in [0.25, 0.3) is 0 Å². The number of nitrogens with zero attached hydrogens (tertiary/aromatic N) is 3. The molecule has 0 unspecified atom stereocenters. The smallest absolute Gasteiger partial charge is 0.316 e. The maximum Gasteiger partial charge on any atom is 0.316 e. The number of carbonyl (C=O) groups is 1. The van der Waals surface area contributed by atoms with Crippen molar-refractivity contribution in [2.24, 2.45) is 0 Å². The lowest BCUT2D eigenvalue weighted by molar-refractivity contribution is 0.0723. The molecule has 5 nitrogen and oxygen atoms in total. The number of hydrogen-bond donors (Lipinski definition) is 0. The summed E-state index contributed by atoms with van der Waals surface area (Å²) in [6.45, 7) is 5.05. The van der Waals surface area contributed by atoms with Gasteiger partial charge in [-0.1, -0.05) is 59.8 Å². The molecule has 3 rings (SSSR count). The molecule has 0 aliphatic heterocycles. The summed E-state index contributed by atoms with van der Waals surface area (Å²) in [7, 11) is 0. The van der Waals surface area contributed by atoms with Crippen LogP contribution in [0, 0.1) is 0 Å². The van der Waals surface area contributed by atoms with Crippen LogP contribution in [0.25, 0.3) is 22.5 Å². The summed E-state index contributed by atoms with van der Waals surface area (Å²) in [6.07, 6.45) is 0. The van der Waals surface area contributed by atoms with Crippen molar-refractivity contribution in [2.45, 2.75) is 13.8 Å². The molecule has 1 aromatic heterocycles. The zero-order chi connectivity index (χ0) is 16.9. The lowest BCUT2D eigenvalue weighted by atomic mass is 9.99. The third-order valence-corrected chi connectivity index (χ3v) is 3.91. The fourth-order valence-electron chi connectivity index (χ4n) is 2.61. The van der Waals surface area contributed by atoms with Crippen molar-refractivity contribution in [2.75, 3.05) is 13.1 Å². The van der Waals surface area contributed by atoms with Crippen LogP contribution < -0.4 is 0 Å². The summed E-state index contributed by atoms with van der Waals surface area (Å²) >= 11 is 0. The summed E-state index contributed by atoms with van der Waals surface area (Å²) in [4.78, 5) is 18.3. The van der Waals surface area contributed by atoms with Gasteiger partial charge < -0.3 is 9.42 Å². The molecule has 0 N–H and O–H groups in total. The van der Waals surface area contributed by atoms with Gasteiger partial charge in [-0.3, -0.25) is 4.79 Å². The van der Waals surface area contributed by atoms with Gasteiger partial charge in [0.2, 0.25) is 5.82 Å². The second-order valence-electron chi connectivity index (χ2n) is 5.31. The first kappa shape index (κ1) is 15.9. The molecular formula is C19H19N3O2. The predicted molar refractivity (Wildman–Crippen MR) is 92.4 cm³/mol. The van der Waals surface area contributed by atoms with Crippen LogP contribution >= 0.6 is 0 Å². The molecule has 0 aliphatic carbocycles. The summed E-state index contributed by atoms with van der Waals surface area (Å²) in [6, 6.07) is 17.8. The van der Waals surface area contributed by atoms with E-state index in [9.17, 15) is 4.79 Å². The number of carbonyl (C=O) groups excluding carboxylic acids is 1. The van der Waals surface area contributed by atoms with Crippen LogP contribution in [0.5, 0.6) is 0 Å². The van der Waals surface area contributed by atoms with Gasteiger partial charge in [-0.05, 0) is 25.0 Å². The average Bonchev–Trinajstić information content (AvgIpc) is 3.13. The van der Waals surface area contributed by atoms with Crippen LogP contribution in [0.3, 0.4) is 0 Å². The van der Waals surface area contributed by atoms with Gasteiger partial charge in [0, 0.05) is 18.7 Å². The molecule has 0 saturated carbocycles. The molecule has 0 bridgehead atoms. The van der Waals surface area contributed by atoms with Gasteiger partial charge in [-0.25, -0.2) is 0 Å². The molecule has 0 aliphatic rings. The minimum absolute atomic E-state index is 0.0246. The normalized spacial score (nSPS) is 10.6. The van der Waals surface area contributed by atoms with Crippen LogP contribution in [-0.4, -0.2) is 34.0 Å². The zero-order valence-electron chi connectivity index (χ0n) is 13.8. The van der Waals surface area contributed by atoms with Crippen molar-refractivity contribution in [3.8, 4) is 22.5 Å². The van der Waals surface area contributed by atoms with E-state index >= 15 is 0 Å². The van der Waals surface area contributed by atoms with Gasteiger partial charge in [-0.15, -0.1) is 0 Å². The number of hydrogen-bond acceptors (Lipinski definition) is 4. The van der Waals surface area contributed by atoms with Gasteiger partial charge in [0.1, 0.15) is 0 Å². The maximum absolute atomic E-state index is 12.3. The SMILES string of the molecule is CCN(CC)C(=O)c1nc(-c2ccccc2-c2ccccc2)no1. The maximum atomic E-state index is 12.3. The topological polar surface area (TPSA) is 59.2 Å². The fourth-order valence-corrected chi connectivity index (χ4v) is 2.61. The predicted octanol–water partition coefficient (Wildman–Crippen LogP) is 3.89. The van der Waals surface area contributed by atoms with Crippen molar-refractivity contribution >= 4 is 5.91 Å². The highest BCUT2D eigenvalue weighted by molar-refractivity contribution is 5.90. The Morgan fingerprint density at radius 1 is 0.958 bits per heavy atom. The van der Waals surface area contributed by atoms with E-state index in [1.54, 1.807) is 4.90 Å². The third kappa shape index (κ3) is 3.06. The first-order chi connectivity index (χ1) is 11.7. The molecule has 5 heteroatoms. The highest BCUT2D eigenvalue weighted by atomic mass is 16.5. The summed E-state index contributed by atoms with van der Waals surface area (Å²) in [5, 5.41) is 4.01. The minimum atomic E-state index is -0.240. The molecular weight excluding hydrogens is 302 g/mol. The molecule has 0 radical (unpaired) electrons. The fraction of sp³-hybridized carbons (Fsp3) is 0.211. The van der Waals surface area contributed by atoms with Crippen LogP contribution in [-0.2, 0) is 0 Å². The summed E-state index contributed by atoms with van der Waals surface area (Å²) < 4.78 is 5.20. The van der Waals surface area contributed by atoms with E-state index in [-0.39, 0.29) is 11.8 Å². The molecule has 1 heterocycles. The first-order valence-electron chi connectivity index (χ1n) is 8.02. The molecule has 122 valence electrons. The van der Waals surface area contributed by atoms with Crippen LogP contribution in [0.4, 0.5) is 0 Å². The summed E-state index contributed by atoms with van der Waals surface area (Å²) in [5.74, 6) is 0.206. The Morgan fingerprint density at radius 2 is 1.58 bits per heavy atom. The molecule has 0 fully saturated rings. The van der Waals surface area contributed by atoms with E-state index in [2.05, 4.69) is 10.1 Å². The third-order valence-electron chi connectivity index (χ3n) is 3.91. The first-order valence-corrected chi connectivity index (χ1v) is 8.02. The Labute approximate surface area is 140 Å². The Morgan fingerprint density at radius 3 is 2.25 bits per heavy atom. The Balaban J connectivity index is 1.99. The standard InChI is InChI=1S/C19H19N3O2/c1-3-22(4-2)19(23)18-20-17(21-24-18)16-13-9-8-12-15(16)14-10-6-5-7-11-14/h5-13H,3-4H2,1-2H3. The van der Waals surface area contributed by atoms with Crippen molar-refractivity contribution in [3.63, 3.8) is 0 Å². The quantitative estimate of drug-likeness (QED) is 0.715. The molecule has 0 atom stereocenters. The Kier molecular flexibility index (Phi) is 4.70. The zero-order valence-corrected chi connectivity index (χ0v) is 13.8. The van der Waals surface area contributed by atoms with Crippen molar-refractivity contribution in [3.05, 3.63) is 60.5 Å². The van der Waals surface area contributed by atoms with Gasteiger partial charge in [-0.2, -0.15) is 4.98 Å². The van der Waals surface area contributed by atoms with E-state index < -0.39 is 0 Å². The van der Waals surface area contributed by atoms with E-state index in [4.69, 9.17) is 4.52 Å². The minimum Gasteiger partial charge on any atom is -0.335 e.